The second-order valence-electron chi connectivity index (χ2n) is 3.68. The van der Waals surface area contributed by atoms with Crippen molar-refractivity contribution in [2.75, 3.05) is 11.1 Å². The molecule has 0 aromatic carbocycles. The summed E-state index contributed by atoms with van der Waals surface area (Å²) in [6.45, 7) is 2.53. The number of nitrogens with one attached hydrogen (secondary N) is 1. The van der Waals surface area contributed by atoms with Crippen molar-refractivity contribution in [2.24, 2.45) is 7.05 Å². The highest BCUT2D eigenvalue weighted by Gasteiger charge is 2.06. The van der Waals surface area contributed by atoms with Crippen LogP contribution in [0.5, 0.6) is 0 Å². The van der Waals surface area contributed by atoms with Gasteiger partial charge in [-0.15, -0.1) is 0 Å². The van der Waals surface area contributed by atoms with E-state index in [1.54, 1.807) is 0 Å². The van der Waals surface area contributed by atoms with Gasteiger partial charge in [0.05, 0.1) is 12.2 Å². The van der Waals surface area contributed by atoms with Gasteiger partial charge in [0.1, 0.15) is 12.0 Å². The molecule has 2 aromatic rings. The first-order chi connectivity index (χ1) is 8.08. The average molecular weight is 253 g/mol. The number of anilines is 2. The van der Waals surface area contributed by atoms with Crippen LogP contribution in [0.25, 0.3) is 0 Å². The Morgan fingerprint density at radius 2 is 2.24 bits per heavy atom. The second kappa shape index (κ2) is 4.58. The molecule has 0 amide bonds. The zero-order valence-electron chi connectivity index (χ0n) is 9.61. The summed E-state index contributed by atoms with van der Waals surface area (Å²) >= 11 is 5.79. The van der Waals surface area contributed by atoms with E-state index in [0.717, 1.165) is 11.4 Å². The lowest BCUT2D eigenvalue weighted by atomic mass is 10.3. The van der Waals surface area contributed by atoms with E-state index >= 15 is 0 Å². The maximum Gasteiger partial charge on any atom is 0.157 e. The van der Waals surface area contributed by atoms with E-state index in [4.69, 9.17) is 17.3 Å². The minimum Gasteiger partial charge on any atom is -0.393 e. The molecule has 2 heterocycles. The number of nitrogens with two attached hydrogens (primary N) is 1. The Labute approximate surface area is 104 Å². The number of aromatic nitrogens is 4. The molecule has 0 bridgehead atoms. The number of rotatable bonds is 3. The van der Waals surface area contributed by atoms with Crippen LogP contribution in [0, 0.1) is 6.92 Å². The minimum atomic E-state index is 0.250. The van der Waals surface area contributed by atoms with Crippen LogP contribution in [0.4, 0.5) is 11.5 Å². The summed E-state index contributed by atoms with van der Waals surface area (Å²) in [7, 11) is 1.90. The van der Waals surface area contributed by atoms with Gasteiger partial charge in [0.2, 0.25) is 0 Å². The van der Waals surface area contributed by atoms with E-state index in [2.05, 4.69) is 20.4 Å². The highest BCUT2D eigenvalue weighted by atomic mass is 35.5. The van der Waals surface area contributed by atoms with Crippen molar-refractivity contribution in [3.8, 4) is 0 Å². The average Bonchev–Trinajstić information content (AvgIpc) is 2.61. The molecule has 0 radical (unpaired) electrons. The van der Waals surface area contributed by atoms with Crippen molar-refractivity contribution in [3.63, 3.8) is 0 Å². The van der Waals surface area contributed by atoms with Gasteiger partial charge < -0.3 is 11.1 Å². The van der Waals surface area contributed by atoms with Crippen LogP contribution in [-0.4, -0.2) is 19.7 Å². The number of aryl methyl sites for hydroxylation is 2. The fourth-order valence-corrected chi connectivity index (χ4v) is 1.54. The summed E-state index contributed by atoms with van der Waals surface area (Å²) in [5, 5.41) is 7.64. The maximum absolute atomic E-state index is 5.79. The van der Waals surface area contributed by atoms with Crippen LogP contribution < -0.4 is 11.1 Å². The minimum absolute atomic E-state index is 0.250. The van der Waals surface area contributed by atoms with E-state index in [-0.39, 0.29) is 5.15 Å². The Morgan fingerprint density at radius 1 is 1.47 bits per heavy atom. The van der Waals surface area contributed by atoms with Gasteiger partial charge in [-0.05, 0) is 13.0 Å². The van der Waals surface area contributed by atoms with Gasteiger partial charge in [-0.2, -0.15) is 5.10 Å². The number of nitrogens with zero attached hydrogens (tertiary/aromatic N) is 4. The third-order valence-electron chi connectivity index (χ3n) is 2.44. The van der Waals surface area contributed by atoms with Gasteiger partial charge in [0.25, 0.3) is 0 Å². The summed E-state index contributed by atoms with van der Waals surface area (Å²) in [5.41, 5.74) is 8.09. The highest BCUT2D eigenvalue weighted by Crippen LogP contribution is 2.22. The molecule has 17 heavy (non-hydrogen) atoms. The van der Waals surface area contributed by atoms with Crippen LogP contribution in [0.1, 0.15) is 11.4 Å². The van der Waals surface area contributed by atoms with Crippen molar-refractivity contribution < 1.29 is 0 Å². The molecule has 0 aliphatic heterocycles. The maximum atomic E-state index is 5.79. The Kier molecular flexibility index (Phi) is 3.14. The van der Waals surface area contributed by atoms with E-state index in [1.807, 2.05) is 24.7 Å². The Hall–Kier alpha value is -1.82. The zero-order chi connectivity index (χ0) is 12.4. The van der Waals surface area contributed by atoms with Crippen molar-refractivity contribution >= 4 is 23.1 Å². The molecule has 90 valence electrons. The van der Waals surface area contributed by atoms with Crippen molar-refractivity contribution in [2.45, 2.75) is 13.5 Å². The van der Waals surface area contributed by atoms with Gasteiger partial charge in [0, 0.05) is 12.7 Å². The molecule has 0 saturated heterocycles. The summed E-state index contributed by atoms with van der Waals surface area (Å²) in [6, 6.07) is 1.99. The fraction of sp³-hybridized carbons (Fsp3) is 0.300. The molecule has 0 aliphatic rings. The monoisotopic (exact) mass is 252 g/mol. The van der Waals surface area contributed by atoms with Gasteiger partial charge in [-0.3, -0.25) is 4.68 Å². The van der Waals surface area contributed by atoms with Crippen LogP contribution in [0.3, 0.4) is 0 Å². The van der Waals surface area contributed by atoms with Crippen molar-refractivity contribution in [1.82, 2.24) is 19.7 Å². The molecule has 7 heteroatoms. The van der Waals surface area contributed by atoms with Crippen LogP contribution in [-0.2, 0) is 13.6 Å². The second-order valence-corrected chi connectivity index (χ2v) is 4.04. The molecular weight excluding hydrogens is 240 g/mol. The number of hydrogen-bond acceptors (Lipinski definition) is 5. The third kappa shape index (κ3) is 2.47. The molecule has 3 N–H and O–H groups in total. The topological polar surface area (TPSA) is 81.7 Å². The van der Waals surface area contributed by atoms with Gasteiger partial charge in [-0.25, -0.2) is 9.97 Å². The molecule has 6 nitrogen and oxygen atoms in total. The van der Waals surface area contributed by atoms with Crippen molar-refractivity contribution in [3.05, 3.63) is 28.9 Å². The van der Waals surface area contributed by atoms with E-state index in [0.29, 0.717) is 18.1 Å². The van der Waals surface area contributed by atoms with Gasteiger partial charge in [-0.1, -0.05) is 11.6 Å². The quantitative estimate of drug-likeness (QED) is 0.807. The standard InChI is InChI=1S/C10H13ClN6/c1-6-3-7(16-17(6)2)4-13-10-8(12)9(11)14-5-15-10/h3,5H,4,12H2,1-2H3,(H,13,14,15). The molecule has 0 atom stereocenters. The Morgan fingerprint density at radius 3 is 2.88 bits per heavy atom. The highest BCUT2D eigenvalue weighted by molar-refractivity contribution is 6.32. The first-order valence-corrected chi connectivity index (χ1v) is 5.45. The molecule has 0 fully saturated rings. The molecule has 2 aromatic heterocycles. The van der Waals surface area contributed by atoms with Crippen LogP contribution in [0.15, 0.2) is 12.4 Å². The number of hydrogen-bond donors (Lipinski definition) is 2. The SMILES string of the molecule is Cc1cc(CNc2ncnc(Cl)c2N)nn1C. The fourth-order valence-electron chi connectivity index (χ4n) is 1.41. The smallest absolute Gasteiger partial charge is 0.157 e. The van der Waals surface area contributed by atoms with E-state index in [1.165, 1.54) is 6.33 Å². The summed E-state index contributed by atoms with van der Waals surface area (Å²) in [4.78, 5) is 7.80. The molecule has 0 unspecified atom stereocenters. The summed E-state index contributed by atoms with van der Waals surface area (Å²) < 4.78 is 1.81. The van der Waals surface area contributed by atoms with Crippen molar-refractivity contribution in [1.29, 1.82) is 0 Å². The lowest BCUT2D eigenvalue weighted by Gasteiger charge is -2.06. The predicted molar refractivity (Wildman–Crippen MR) is 66.7 cm³/mol. The first kappa shape index (κ1) is 11.7. The molecule has 0 aliphatic carbocycles. The molecule has 2 rings (SSSR count). The zero-order valence-corrected chi connectivity index (χ0v) is 10.4. The summed E-state index contributed by atoms with van der Waals surface area (Å²) in [5.74, 6) is 0.522. The van der Waals surface area contributed by atoms with Crippen LogP contribution in [0.2, 0.25) is 5.15 Å². The van der Waals surface area contributed by atoms with Crippen LogP contribution >= 0.6 is 11.6 Å². The lowest BCUT2D eigenvalue weighted by Crippen LogP contribution is -2.06. The summed E-state index contributed by atoms with van der Waals surface area (Å²) in [6.07, 6.45) is 1.37. The molecule has 0 spiro atoms. The first-order valence-electron chi connectivity index (χ1n) is 5.07. The number of halogens is 1. The normalized spacial score (nSPS) is 10.5. The van der Waals surface area contributed by atoms with E-state index in [9.17, 15) is 0 Å². The molecule has 0 saturated carbocycles. The predicted octanol–water partition coefficient (Wildman–Crippen LogP) is 1.37. The Bertz CT molecular complexity index is 516. The lowest BCUT2D eigenvalue weighted by molar-refractivity contribution is 0.724. The number of nitrogen functional groups attached to an aromatic ring is 1. The third-order valence-corrected chi connectivity index (χ3v) is 2.74. The molecular formula is C10H13ClN6. The van der Waals surface area contributed by atoms with Gasteiger partial charge in [0.15, 0.2) is 11.0 Å². The van der Waals surface area contributed by atoms with Gasteiger partial charge >= 0.3 is 0 Å². The van der Waals surface area contributed by atoms with E-state index < -0.39 is 0 Å². The Balaban J connectivity index is 2.10. The largest absolute Gasteiger partial charge is 0.393 e.